The zero-order valence-corrected chi connectivity index (χ0v) is 14.0. The average Bonchev–Trinajstić information content (AvgIpc) is 3.04. The van der Waals surface area contributed by atoms with E-state index in [2.05, 4.69) is 49.7 Å². The lowest BCUT2D eigenvalue weighted by Gasteiger charge is -2.25. The first-order valence-electron chi connectivity index (χ1n) is 6.83. The van der Waals surface area contributed by atoms with Gasteiger partial charge in [-0.2, -0.15) is 16.9 Å². The molecule has 2 heterocycles. The Hall–Kier alpha value is -0.0400. The van der Waals surface area contributed by atoms with Crippen molar-refractivity contribution in [3.63, 3.8) is 0 Å². The molecule has 1 saturated heterocycles. The minimum Gasteiger partial charge on any atom is -0.383 e. The summed E-state index contributed by atoms with van der Waals surface area (Å²) in [6.07, 6.45) is 4.50. The van der Waals surface area contributed by atoms with E-state index in [0.29, 0.717) is 17.9 Å². The molecule has 0 aromatic carbocycles. The zero-order chi connectivity index (χ0) is 13.7. The van der Waals surface area contributed by atoms with Crippen LogP contribution in [-0.4, -0.2) is 41.0 Å². The van der Waals surface area contributed by atoms with Crippen LogP contribution >= 0.6 is 27.7 Å². The maximum atomic E-state index is 5.17. The van der Waals surface area contributed by atoms with Gasteiger partial charge < -0.3 is 10.1 Å². The number of halogens is 1. The van der Waals surface area contributed by atoms with Crippen molar-refractivity contribution in [2.75, 3.05) is 26.0 Å². The highest BCUT2D eigenvalue weighted by atomic mass is 79.9. The Morgan fingerprint density at radius 1 is 1.68 bits per heavy atom. The molecule has 2 atom stereocenters. The molecule has 108 valence electrons. The first kappa shape index (κ1) is 15.4. The standard InChI is InChI=1S/C13H22BrN3OS/c1-3-15-12(11-5-4-8-19-11)13-10(14)9-16-17(13)6-7-18-2/h9,11-12,15H,3-8H2,1-2H3. The van der Waals surface area contributed by atoms with Crippen molar-refractivity contribution in [3.05, 3.63) is 16.4 Å². The monoisotopic (exact) mass is 347 g/mol. The van der Waals surface area contributed by atoms with E-state index < -0.39 is 0 Å². The molecule has 1 aromatic heterocycles. The van der Waals surface area contributed by atoms with Crippen molar-refractivity contribution in [3.8, 4) is 0 Å². The second-order valence-electron chi connectivity index (χ2n) is 4.68. The number of nitrogens with zero attached hydrogens (tertiary/aromatic N) is 2. The Bertz CT molecular complexity index is 393. The van der Waals surface area contributed by atoms with Gasteiger partial charge in [0.05, 0.1) is 35.6 Å². The smallest absolute Gasteiger partial charge is 0.0708 e. The van der Waals surface area contributed by atoms with Crippen molar-refractivity contribution >= 4 is 27.7 Å². The van der Waals surface area contributed by atoms with Crippen LogP contribution in [0.5, 0.6) is 0 Å². The zero-order valence-electron chi connectivity index (χ0n) is 11.6. The number of nitrogens with one attached hydrogen (secondary N) is 1. The minimum atomic E-state index is 0.367. The van der Waals surface area contributed by atoms with Gasteiger partial charge >= 0.3 is 0 Å². The molecule has 4 nitrogen and oxygen atoms in total. The molecule has 0 saturated carbocycles. The summed E-state index contributed by atoms with van der Waals surface area (Å²) in [7, 11) is 1.73. The molecule has 0 aliphatic carbocycles. The highest BCUT2D eigenvalue weighted by Crippen LogP contribution is 2.38. The first-order chi connectivity index (χ1) is 9.27. The highest BCUT2D eigenvalue weighted by molar-refractivity contribution is 9.10. The van der Waals surface area contributed by atoms with Crippen LogP contribution in [0.3, 0.4) is 0 Å². The Balaban J connectivity index is 2.21. The highest BCUT2D eigenvalue weighted by Gasteiger charge is 2.30. The normalized spacial score (nSPS) is 20.9. The molecular formula is C13H22BrN3OS. The number of hydrogen-bond acceptors (Lipinski definition) is 4. The van der Waals surface area contributed by atoms with Gasteiger partial charge in [0.1, 0.15) is 0 Å². The lowest BCUT2D eigenvalue weighted by atomic mass is 10.1. The molecule has 1 aromatic rings. The van der Waals surface area contributed by atoms with Gasteiger partial charge in [-0.3, -0.25) is 4.68 Å². The van der Waals surface area contributed by atoms with Crippen molar-refractivity contribution in [2.45, 2.75) is 37.6 Å². The molecular weight excluding hydrogens is 326 g/mol. The van der Waals surface area contributed by atoms with Gasteiger partial charge in [-0.05, 0) is 41.1 Å². The van der Waals surface area contributed by atoms with Gasteiger partial charge in [0, 0.05) is 12.4 Å². The van der Waals surface area contributed by atoms with E-state index in [-0.39, 0.29) is 0 Å². The number of aromatic nitrogens is 2. The van der Waals surface area contributed by atoms with Crippen LogP contribution in [0.25, 0.3) is 0 Å². The number of rotatable bonds is 7. The van der Waals surface area contributed by atoms with Crippen molar-refractivity contribution < 1.29 is 4.74 Å². The van der Waals surface area contributed by atoms with Crippen LogP contribution < -0.4 is 5.32 Å². The molecule has 0 amide bonds. The van der Waals surface area contributed by atoms with Gasteiger partial charge in [0.15, 0.2) is 0 Å². The van der Waals surface area contributed by atoms with Crippen LogP contribution in [0.1, 0.15) is 31.5 Å². The maximum Gasteiger partial charge on any atom is 0.0708 e. The lowest BCUT2D eigenvalue weighted by molar-refractivity contribution is 0.181. The molecule has 0 bridgehead atoms. The van der Waals surface area contributed by atoms with Crippen LogP contribution in [0.15, 0.2) is 10.7 Å². The average molecular weight is 348 g/mol. The topological polar surface area (TPSA) is 39.1 Å². The summed E-state index contributed by atoms with van der Waals surface area (Å²) in [6.45, 7) is 4.63. The van der Waals surface area contributed by atoms with Crippen molar-refractivity contribution in [1.29, 1.82) is 0 Å². The molecule has 1 N–H and O–H groups in total. The summed E-state index contributed by atoms with van der Waals surface area (Å²) in [4.78, 5) is 0. The van der Waals surface area contributed by atoms with E-state index in [1.165, 1.54) is 24.3 Å². The summed E-state index contributed by atoms with van der Waals surface area (Å²) in [5.41, 5.74) is 1.26. The SMILES string of the molecule is CCNC(c1c(Br)cnn1CCOC)C1CCCS1. The van der Waals surface area contributed by atoms with Crippen LogP contribution in [-0.2, 0) is 11.3 Å². The summed E-state index contributed by atoms with van der Waals surface area (Å²) < 4.78 is 8.34. The molecule has 1 aliphatic heterocycles. The van der Waals surface area contributed by atoms with E-state index in [0.717, 1.165) is 17.6 Å². The fourth-order valence-corrected chi connectivity index (χ4v) is 4.46. The van der Waals surface area contributed by atoms with Crippen LogP contribution in [0.4, 0.5) is 0 Å². The Morgan fingerprint density at radius 3 is 3.16 bits per heavy atom. The van der Waals surface area contributed by atoms with E-state index in [4.69, 9.17) is 4.74 Å². The van der Waals surface area contributed by atoms with Gasteiger partial charge in [-0.15, -0.1) is 0 Å². The van der Waals surface area contributed by atoms with Crippen molar-refractivity contribution in [1.82, 2.24) is 15.1 Å². The molecule has 2 unspecified atom stereocenters. The molecule has 19 heavy (non-hydrogen) atoms. The lowest BCUT2D eigenvalue weighted by Crippen LogP contribution is -2.31. The summed E-state index contributed by atoms with van der Waals surface area (Å²) in [5, 5.41) is 8.75. The molecule has 1 aliphatic rings. The molecule has 6 heteroatoms. The third kappa shape index (κ3) is 3.74. The van der Waals surface area contributed by atoms with E-state index >= 15 is 0 Å². The fourth-order valence-electron chi connectivity index (χ4n) is 2.53. The number of hydrogen-bond donors (Lipinski definition) is 1. The van der Waals surface area contributed by atoms with E-state index in [1.54, 1.807) is 7.11 Å². The van der Waals surface area contributed by atoms with Crippen LogP contribution in [0, 0.1) is 0 Å². The molecule has 1 fully saturated rings. The number of thioether (sulfide) groups is 1. The van der Waals surface area contributed by atoms with E-state index in [1.807, 2.05) is 6.20 Å². The summed E-state index contributed by atoms with van der Waals surface area (Å²) in [6, 6.07) is 0.367. The Morgan fingerprint density at radius 2 is 2.53 bits per heavy atom. The number of methoxy groups -OCH3 is 1. The second-order valence-corrected chi connectivity index (χ2v) is 6.88. The van der Waals surface area contributed by atoms with E-state index in [9.17, 15) is 0 Å². The quantitative estimate of drug-likeness (QED) is 0.823. The molecule has 0 spiro atoms. The predicted octanol–water partition coefficient (Wildman–Crippen LogP) is 2.84. The maximum absolute atomic E-state index is 5.17. The predicted molar refractivity (Wildman–Crippen MR) is 83.7 cm³/mol. The third-order valence-electron chi connectivity index (χ3n) is 3.40. The van der Waals surface area contributed by atoms with Crippen LogP contribution in [0.2, 0.25) is 0 Å². The minimum absolute atomic E-state index is 0.367. The number of ether oxygens (including phenoxy) is 1. The van der Waals surface area contributed by atoms with Gasteiger partial charge in [-0.1, -0.05) is 6.92 Å². The Labute approximate surface area is 127 Å². The van der Waals surface area contributed by atoms with Gasteiger partial charge in [0.2, 0.25) is 0 Å². The fraction of sp³-hybridized carbons (Fsp3) is 0.769. The third-order valence-corrected chi connectivity index (χ3v) is 5.47. The first-order valence-corrected chi connectivity index (χ1v) is 8.67. The Kier molecular flexibility index (Phi) is 6.19. The van der Waals surface area contributed by atoms with Gasteiger partial charge in [0.25, 0.3) is 0 Å². The largest absolute Gasteiger partial charge is 0.383 e. The summed E-state index contributed by atoms with van der Waals surface area (Å²) >= 11 is 5.73. The van der Waals surface area contributed by atoms with Crippen molar-refractivity contribution in [2.24, 2.45) is 0 Å². The molecule has 0 radical (unpaired) electrons. The molecule has 2 rings (SSSR count). The second kappa shape index (κ2) is 7.67. The van der Waals surface area contributed by atoms with Gasteiger partial charge in [-0.25, -0.2) is 0 Å². The summed E-state index contributed by atoms with van der Waals surface area (Å²) in [5.74, 6) is 1.27.